The second-order valence-corrected chi connectivity index (χ2v) is 17.3. The van der Waals surface area contributed by atoms with Crippen molar-refractivity contribution in [1.82, 2.24) is 38.9 Å². The summed E-state index contributed by atoms with van der Waals surface area (Å²) >= 11 is 8.44. The van der Waals surface area contributed by atoms with E-state index < -0.39 is 6.10 Å². The molecule has 328 valence electrons. The molecule has 1 fully saturated rings. The summed E-state index contributed by atoms with van der Waals surface area (Å²) in [7, 11) is 3.78. The van der Waals surface area contributed by atoms with E-state index in [1.165, 1.54) is 11.5 Å². The smallest absolute Gasteiger partial charge is 0.234 e. The van der Waals surface area contributed by atoms with E-state index in [4.69, 9.17) is 50.0 Å². The van der Waals surface area contributed by atoms with Crippen molar-refractivity contribution in [1.29, 1.82) is 0 Å². The lowest BCUT2D eigenvalue weighted by molar-refractivity contribution is 0.113. The van der Waals surface area contributed by atoms with Crippen LogP contribution in [0.15, 0.2) is 91.4 Å². The first-order valence-corrected chi connectivity index (χ1v) is 22.4. The molecular weight excluding hydrogens is 836 g/mol. The number of nitrogens with zero attached hydrogens (tertiary/aromatic N) is 8. The lowest BCUT2D eigenvalue weighted by Gasteiger charge is -2.32. The van der Waals surface area contributed by atoms with E-state index in [0.717, 1.165) is 82.9 Å². The minimum Gasteiger partial charge on any atom is -0.496 e. The lowest BCUT2D eigenvalue weighted by atomic mass is 9.95. The molecule has 63 heavy (non-hydrogen) atoms. The lowest BCUT2D eigenvalue weighted by Crippen LogP contribution is -2.45. The fraction of sp³-hybridized carbons (Fsp3) is 0.354. The van der Waals surface area contributed by atoms with Gasteiger partial charge in [-0.05, 0) is 84.5 Å². The summed E-state index contributed by atoms with van der Waals surface area (Å²) in [5, 5.41) is 17.1. The summed E-state index contributed by atoms with van der Waals surface area (Å²) < 4.78 is 32.5. The zero-order valence-electron chi connectivity index (χ0n) is 36.3. The highest BCUT2D eigenvalue weighted by molar-refractivity contribution is 7.13. The second-order valence-electron chi connectivity index (χ2n) is 16.2. The Morgan fingerprint density at radius 1 is 0.889 bits per heavy atom. The molecule has 8 rings (SSSR count). The van der Waals surface area contributed by atoms with E-state index >= 15 is 0 Å². The topological polar surface area (TPSA) is 133 Å². The Hall–Kier alpha value is -5.64. The zero-order valence-corrected chi connectivity index (χ0v) is 37.9. The van der Waals surface area contributed by atoms with Crippen molar-refractivity contribution in [3.8, 4) is 57.0 Å². The average molecular weight is 890 g/mol. The van der Waals surface area contributed by atoms with Crippen LogP contribution in [0.1, 0.15) is 30.7 Å². The summed E-state index contributed by atoms with van der Waals surface area (Å²) in [5.41, 5.74) is 6.25. The van der Waals surface area contributed by atoms with Gasteiger partial charge in [0.25, 0.3) is 0 Å². The van der Waals surface area contributed by atoms with Crippen LogP contribution in [0.25, 0.3) is 44.0 Å². The van der Waals surface area contributed by atoms with Crippen LogP contribution in [0.5, 0.6) is 23.1 Å². The third-order valence-electron chi connectivity index (χ3n) is 11.1. The Bertz CT molecular complexity index is 2650. The molecule has 0 aliphatic carbocycles. The molecule has 0 bridgehead atoms. The van der Waals surface area contributed by atoms with Crippen LogP contribution in [-0.4, -0.2) is 110 Å². The average Bonchev–Trinajstić information content (AvgIpc) is 3.94. The van der Waals surface area contributed by atoms with E-state index in [1.807, 2.05) is 96.8 Å². The number of rotatable bonds is 18. The van der Waals surface area contributed by atoms with Gasteiger partial charge in [0.05, 0.1) is 45.8 Å². The van der Waals surface area contributed by atoms with Gasteiger partial charge in [0.15, 0.2) is 5.82 Å². The number of methoxy groups -OCH3 is 1. The van der Waals surface area contributed by atoms with E-state index in [-0.39, 0.29) is 13.2 Å². The molecule has 5 heterocycles. The quantitative estimate of drug-likeness (QED) is 0.0886. The summed E-state index contributed by atoms with van der Waals surface area (Å²) in [5.74, 6) is 3.32. The number of aliphatic hydroxyl groups excluding tert-OH is 1. The largest absolute Gasteiger partial charge is 0.496 e. The highest BCUT2D eigenvalue weighted by Crippen LogP contribution is 2.46. The summed E-state index contributed by atoms with van der Waals surface area (Å²) in [4.78, 5) is 19.0. The van der Waals surface area contributed by atoms with Crippen LogP contribution >= 0.6 is 23.1 Å². The van der Waals surface area contributed by atoms with Crippen LogP contribution in [0.3, 0.4) is 0 Å². The van der Waals surface area contributed by atoms with Crippen LogP contribution in [-0.2, 0) is 19.6 Å². The molecule has 1 N–H and O–H groups in total. The molecule has 0 saturated carbocycles. The third-order valence-corrected chi connectivity index (χ3v) is 12.4. The Kier molecular flexibility index (Phi) is 14.1. The number of aromatic nitrogens is 6. The van der Waals surface area contributed by atoms with Gasteiger partial charge in [-0.3, -0.25) is 14.6 Å². The van der Waals surface area contributed by atoms with Gasteiger partial charge in [0.2, 0.25) is 5.88 Å². The number of pyridine rings is 1. The first kappa shape index (κ1) is 44.0. The molecule has 7 aromatic rings. The van der Waals surface area contributed by atoms with Gasteiger partial charge in [-0.15, -0.1) is 0 Å². The molecule has 1 atom stereocenters. The number of likely N-dealkylation sites (N-methyl/N-ethyl adjacent to an activating group) is 1. The molecular formula is C48H53ClN8O5S. The predicted octanol–water partition coefficient (Wildman–Crippen LogP) is 8.49. The summed E-state index contributed by atoms with van der Waals surface area (Å²) in [6, 6.07) is 23.2. The molecule has 1 unspecified atom stereocenters. The van der Waals surface area contributed by atoms with Gasteiger partial charge >= 0.3 is 0 Å². The Morgan fingerprint density at radius 2 is 1.68 bits per heavy atom. The molecule has 13 nitrogen and oxygen atoms in total. The summed E-state index contributed by atoms with van der Waals surface area (Å²) in [6.45, 7) is 12.5. The maximum Gasteiger partial charge on any atom is 0.234 e. The Morgan fingerprint density at radius 3 is 2.48 bits per heavy atom. The van der Waals surface area contributed by atoms with Crippen LogP contribution < -0.4 is 18.9 Å². The first-order chi connectivity index (χ1) is 30.7. The van der Waals surface area contributed by atoms with Crippen molar-refractivity contribution in [3.05, 3.63) is 113 Å². The maximum absolute atomic E-state index is 10.8. The minimum atomic E-state index is -0.660. The number of halogens is 1. The van der Waals surface area contributed by atoms with Gasteiger partial charge in [-0.2, -0.15) is 9.47 Å². The number of fused-ring (bicyclic) bond motifs is 1. The number of hydrogen-bond donors (Lipinski definition) is 1. The van der Waals surface area contributed by atoms with Crippen LogP contribution in [0, 0.1) is 12.8 Å². The van der Waals surface area contributed by atoms with Gasteiger partial charge in [0, 0.05) is 69.8 Å². The number of benzene rings is 3. The first-order valence-electron chi connectivity index (χ1n) is 21.3. The number of aliphatic hydroxyl groups is 1. The molecule has 1 aliphatic rings. The van der Waals surface area contributed by atoms with E-state index in [0.29, 0.717) is 64.3 Å². The predicted molar refractivity (Wildman–Crippen MR) is 248 cm³/mol. The van der Waals surface area contributed by atoms with E-state index in [1.54, 1.807) is 13.3 Å². The molecule has 0 spiro atoms. The molecule has 1 saturated heterocycles. The van der Waals surface area contributed by atoms with Gasteiger partial charge in [-0.1, -0.05) is 61.8 Å². The molecule has 1 aliphatic heterocycles. The normalized spacial score (nSPS) is 14.0. The molecule has 3 aromatic carbocycles. The fourth-order valence-corrected chi connectivity index (χ4v) is 8.67. The van der Waals surface area contributed by atoms with Crippen LogP contribution in [0.2, 0.25) is 5.02 Å². The highest BCUT2D eigenvalue weighted by atomic mass is 35.5. The van der Waals surface area contributed by atoms with Gasteiger partial charge in [0.1, 0.15) is 42.3 Å². The maximum atomic E-state index is 10.8. The molecule has 0 amide bonds. The molecule has 15 heteroatoms. The highest BCUT2D eigenvalue weighted by Gasteiger charge is 2.26. The van der Waals surface area contributed by atoms with Gasteiger partial charge < -0.3 is 29.0 Å². The summed E-state index contributed by atoms with van der Waals surface area (Å²) in [6.07, 6.45) is 5.20. The fourth-order valence-electron chi connectivity index (χ4n) is 7.76. The van der Waals surface area contributed by atoms with Gasteiger partial charge in [-0.25, -0.2) is 9.97 Å². The Balaban J connectivity index is 1.07. The number of para-hydroxylation sites is 2. The van der Waals surface area contributed by atoms with E-state index in [9.17, 15) is 5.11 Å². The van der Waals surface area contributed by atoms with E-state index in [2.05, 4.69) is 35.7 Å². The third kappa shape index (κ3) is 10.3. The van der Waals surface area contributed by atoms with Crippen molar-refractivity contribution in [2.45, 2.75) is 46.4 Å². The molecule has 4 aromatic heterocycles. The van der Waals surface area contributed by atoms with Crippen molar-refractivity contribution < 1.29 is 24.1 Å². The SMILES string of the molecule is COc1ccccc1-c1nccc(COc2ccccc2CC(CO)Oc2nsc3cnc(-c4ccn(CC(C)C)n4)c(-c4ccc(OCCN5CCN(C)CC5)c(Cl)c4C)c23)n1. The Labute approximate surface area is 377 Å². The standard InChI is InChI=1S/C48H53ClN8O5S/c1-31(2)28-57-19-17-38(53-57)46-43(36-14-15-41(45(49)32(36)3)60-25-24-56-22-20-55(4)21-23-56)44-42(27-51-46)63-54-48(44)62-35(29-58)26-33-10-6-8-12-39(33)61-30-34-16-18-50-47(52-34)37-11-7-9-13-40(37)59-5/h6-19,27,31,35,58H,20-26,28-30H2,1-5H3. The van der Waals surface area contributed by atoms with Crippen LogP contribution in [0.4, 0.5) is 0 Å². The molecule has 0 radical (unpaired) electrons. The second kappa shape index (κ2) is 20.2. The number of ether oxygens (including phenoxy) is 4. The number of piperazine rings is 1. The van der Waals surface area contributed by atoms with Crippen molar-refractivity contribution in [2.75, 3.05) is 60.1 Å². The van der Waals surface area contributed by atoms with Crippen molar-refractivity contribution >= 4 is 33.2 Å². The van der Waals surface area contributed by atoms with Crippen molar-refractivity contribution in [3.63, 3.8) is 0 Å². The number of hydrogen-bond acceptors (Lipinski definition) is 13. The van der Waals surface area contributed by atoms with Crippen molar-refractivity contribution in [2.24, 2.45) is 5.92 Å². The minimum absolute atomic E-state index is 0.205. The zero-order chi connectivity index (χ0) is 43.9. The monoisotopic (exact) mass is 888 g/mol.